The number of nitrogens with one attached hydrogen (secondary N) is 2. The fourth-order valence-corrected chi connectivity index (χ4v) is 4.54. The highest BCUT2D eigenvalue weighted by Crippen LogP contribution is 2.31. The maximum atomic E-state index is 12.9. The number of aromatic nitrogens is 3. The summed E-state index contributed by atoms with van der Waals surface area (Å²) in [5, 5.41) is 3.86. The van der Waals surface area contributed by atoms with E-state index in [2.05, 4.69) is 52.2 Å². The SMILES string of the molecule is CCOC/C=C\Cc1c(CC)c(-c2cc3c(C(=O)NCC4CCCO4)ccnc3[nH]2)cn1C. The van der Waals surface area contributed by atoms with Crippen molar-refractivity contribution in [2.75, 3.05) is 26.4 Å². The normalized spacial score (nSPS) is 16.3. The second-order valence-electron chi connectivity index (χ2n) is 8.42. The van der Waals surface area contributed by atoms with E-state index >= 15 is 0 Å². The van der Waals surface area contributed by atoms with Crippen molar-refractivity contribution in [3.05, 3.63) is 53.5 Å². The molecule has 1 amide bonds. The minimum Gasteiger partial charge on any atom is -0.378 e. The summed E-state index contributed by atoms with van der Waals surface area (Å²) < 4.78 is 13.2. The zero-order valence-corrected chi connectivity index (χ0v) is 19.8. The third kappa shape index (κ3) is 5.20. The van der Waals surface area contributed by atoms with Crippen LogP contribution in [0.3, 0.4) is 0 Å². The van der Waals surface area contributed by atoms with Crippen LogP contribution in [0.2, 0.25) is 0 Å². The molecule has 7 heteroatoms. The molecule has 1 aliphatic heterocycles. The average Bonchev–Trinajstić information content (AvgIpc) is 3.55. The first-order valence-corrected chi connectivity index (χ1v) is 11.9. The lowest BCUT2D eigenvalue weighted by atomic mass is 10.0. The minimum absolute atomic E-state index is 0.0904. The van der Waals surface area contributed by atoms with Crippen LogP contribution in [0, 0.1) is 0 Å². The van der Waals surface area contributed by atoms with Gasteiger partial charge in [0.2, 0.25) is 0 Å². The number of aromatic amines is 1. The zero-order valence-electron chi connectivity index (χ0n) is 19.8. The number of nitrogens with zero attached hydrogens (tertiary/aromatic N) is 2. The highest BCUT2D eigenvalue weighted by Gasteiger charge is 2.20. The van der Waals surface area contributed by atoms with Crippen LogP contribution in [0.1, 0.15) is 48.3 Å². The summed E-state index contributed by atoms with van der Waals surface area (Å²) in [6, 6.07) is 3.83. The number of ether oxygens (including phenoxy) is 2. The van der Waals surface area contributed by atoms with Gasteiger partial charge in [0.1, 0.15) is 5.65 Å². The van der Waals surface area contributed by atoms with Crippen LogP contribution in [0.4, 0.5) is 0 Å². The third-order valence-corrected chi connectivity index (χ3v) is 6.25. The van der Waals surface area contributed by atoms with E-state index in [1.54, 1.807) is 12.3 Å². The van der Waals surface area contributed by atoms with Crippen molar-refractivity contribution >= 4 is 16.9 Å². The number of allylic oxidation sites excluding steroid dienone is 1. The smallest absolute Gasteiger partial charge is 0.252 e. The van der Waals surface area contributed by atoms with E-state index in [-0.39, 0.29) is 12.0 Å². The highest BCUT2D eigenvalue weighted by atomic mass is 16.5. The van der Waals surface area contributed by atoms with E-state index in [1.807, 2.05) is 13.0 Å². The first kappa shape index (κ1) is 23.3. The Morgan fingerprint density at radius 3 is 3.03 bits per heavy atom. The Morgan fingerprint density at radius 2 is 2.27 bits per heavy atom. The van der Waals surface area contributed by atoms with E-state index in [4.69, 9.17) is 9.47 Å². The molecule has 0 spiro atoms. The fourth-order valence-electron chi connectivity index (χ4n) is 4.54. The van der Waals surface area contributed by atoms with Crippen molar-refractivity contribution < 1.29 is 14.3 Å². The lowest BCUT2D eigenvalue weighted by Gasteiger charge is -2.11. The first-order chi connectivity index (χ1) is 16.1. The maximum absolute atomic E-state index is 12.9. The Bertz CT molecular complexity index is 1120. The standard InChI is InChI=1S/C26H34N4O3/c1-4-19-22(17-30(3)24(19)10-6-7-13-32-5-2)23-15-21-20(11-12-27-25(21)29-23)26(31)28-16-18-9-8-14-33-18/h6-7,11-12,15,17-18H,4-5,8-10,13-14,16H2,1-3H3,(H,27,29)(H,28,31)/b7-6-. The molecule has 0 saturated carbocycles. The lowest BCUT2D eigenvalue weighted by Crippen LogP contribution is -2.31. The summed E-state index contributed by atoms with van der Waals surface area (Å²) in [6.07, 6.45) is 12.0. The van der Waals surface area contributed by atoms with Gasteiger partial charge in [0, 0.05) is 68.0 Å². The van der Waals surface area contributed by atoms with Gasteiger partial charge in [-0.05, 0) is 43.9 Å². The van der Waals surface area contributed by atoms with Crippen molar-refractivity contribution in [1.29, 1.82) is 0 Å². The number of rotatable bonds is 10. The molecule has 1 unspecified atom stereocenters. The Balaban J connectivity index is 1.58. The van der Waals surface area contributed by atoms with Crippen molar-refractivity contribution in [2.24, 2.45) is 7.05 Å². The van der Waals surface area contributed by atoms with E-state index in [9.17, 15) is 4.79 Å². The molecule has 1 fully saturated rings. The molecular formula is C26H34N4O3. The third-order valence-electron chi connectivity index (χ3n) is 6.25. The molecule has 4 heterocycles. The molecule has 176 valence electrons. The van der Waals surface area contributed by atoms with Crippen LogP contribution in [0.15, 0.2) is 36.7 Å². The quantitative estimate of drug-likeness (QED) is 0.359. The van der Waals surface area contributed by atoms with Crippen LogP contribution in [-0.2, 0) is 29.4 Å². The topological polar surface area (TPSA) is 81.2 Å². The Hall–Kier alpha value is -2.90. The largest absolute Gasteiger partial charge is 0.378 e. The summed E-state index contributed by atoms with van der Waals surface area (Å²) in [7, 11) is 2.08. The molecule has 33 heavy (non-hydrogen) atoms. The molecule has 3 aromatic heterocycles. The molecule has 1 saturated heterocycles. The Morgan fingerprint density at radius 1 is 1.39 bits per heavy atom. The second kappa shape index (κ2) is 10.8. The van der Waals surface area contributed by atoms with Gasteiger partial charge in [0.15, 0.2) is 0 Å². The van der Waals surface area contributed by atoms with Crippen molar-refractivity contribution in [3.8, 4) is 11.3 Å². The van der Waals surface area contributed by atoms with Crippen molar-refractivity contribution in [1.82, 2.24) is 19.9 Å². The van der Waals surface area contributed by atoms with Gasteiger partial charge < -0.3 is 24.3 Å². The van der Waals surface area contributed by atoms with E-state index in [0.717, 1.165) is 61.2 Å². The molecule has 0 bridgehead atoms. The lowest BCUT2D eigenvalue weighted by molar-refractivity contribution is 0.0859. The first-order valence-electron chi connectivity index (χ1n) is 11.9. The van der Waals surface area contributed by atoms with Crippen LogP contribution < -0.4 is 5.32 Å². The number of pyridine rings is 1. The van der Waals surface area contributed by atoms with Gasteiger partial charge in [0.05, 0.1) is 18.3 Å². The predicted molar refractivity (Wildman–Crippen MR) is 131 cm³/mol. The zero-order chi connectivity index (χ0) is 23.2. The number of fused-ring (bicyclic) bond motifs is 1. The molecule has 0 aliphatic carbocycles. The van der Waals surface area contributed by atoms with Gasteiger partial charge in [-0.1, -0.05) is 19.1 Å². The number of aryl methyl sites for hydroxylation is 1. The van der Waals surface area contributed by atoms with Gasteiger partial charge in [-0.25, -0.2) is 4.98 Å². The van der Waals surface area contributed by atoms with Gasteiger partial charge in [-0.15, -0.1) is 0 Å². The van der Waals surface area contributed by atoms with E-state index in [0.29, 0.717) is 18.7 Å². The van der Waals surface area contributed by atoms with Gasteiger partial charge >= 0.3 is 0 Å². The van der Waals surface area contributed by atoms with Crippen LogP contribution in [0.5, 0.6) is 0 Å². The van der Waals surface area contributed by atoms with Crippen LogP contribution >= 0.6 is 0 Å². The number of carbonyl (C=O) groups excluding carboxylic acids is 1. The fraction of sp³-hybridized carbons (Fsp3) is 0.462. The molecule has 2 N–H and O–H groups in total. The maximum Gasteiger partial charge on any atom is 0.252 e. The molecular weight excluding hydrogens is 416 g/mol. The molecule has 1 atom stereocenters. The minimum atomic E-state index is -0.0904. The van der Waals surface area contributed by atoms with Gasteiger partial charge in [0.25, 0.3) is 5.91 Å². The van der Waals surface area contributed by atoms with E-state index < -0.39 is 0 Å². The number of H-pyrrole nitrogens is 1. The summed E-state index contributed by atoms with van der Waals surface area (Å²) in [5.74, 6) is -0.0904. The van der Waals surface area contributed by atoms with Crippen LogP contribution in [0.25, 0.3) is 22.3 Å². The number of amides is 1. The number of hydrogen-bond donors (Lipinski definition) is 2. The monoisotopic (exact) mass is 450 g/mol. The molecule has 3 aromatic rings. The van der Waals surface area contributed by atoms with E-state index in [1.165, 1.54) is 11.3 Å². The van der Waals surface area contributed by atoms with Crippen molar-refractivity contribution in [2.45, 2.75) is 45.6 Å². The highest BCUT2D eigenvalue weighted by molar-refractivity contribution is 6.06. The molecule has 0 radical (unpaired) electrons. The summed E-state index contributed by atoms with van der Waals surface area (Å²) in [5.41, 5.74) is 6.06. The summed E-state index contributed by atoms with van der Waals surface area (Å²) in [4.78, 5) is 20.8. The summed E-state index contributed by atoms with van der Waals surface area (Å²) in [6.45, 7) is 6.86. The Labute approximate surface area is 195 Å². The molecule has 4 rings (SSSR count). The van der Waals surface area contributed by atoms with Crippen LogP contribution in [-0.4, -0.2) is 52.9 Å². The number of carbonyl (C=O) groups is 1. The van der Waals surface area contributed by atoms with Gasteiger partial charge in [-0.2, -0.15) is 0 Å². The molecule has 1 aliphatic rings. The van der Waals surface area contributed by atoms with Gasteiger partial charge in [-0.3, -0.25) is 4.79 Å². The average molecular weight is 451 g/mol. The molecule has 0 aromatic carbocycles. The predicted octanol–water partition coefficient (Wildman–Crippen LogP) is 4.17. The molecule has 7 nitrogen and oxygen atoms in total. The second-order valence-corrected chi connectivity index (χ2v) is 8.42. The summed E-state index contributed by atoms with van der Waals surface area (Å²) >= 11 is 0. The Kier molecular flexibility index (Phi) is 7.62. The van der Waals surface area contributed by atoms with Crippen molar-refractivity contribution in [3.63, 3.8) is 0 Å². The number of hydrogen-bond acceptors (Lipinski definition) is 4.